The number of halogens is 4. The Kier molecular flexibility index (Phi) is 7.03. The summed E-state index contributed by atoms with van der Waals surface area (Å²) in [5.41, 5.74) is 0.818. The summed E-state index contributed by atoms with van der Waals surface area (Å²) >= 11 is 6.24. The Morgan fingerprint density at radius 1 is 1.16 bits per heavy atom. The number of urea groups is 1. The molecule has 0 aliphatic carbocycles. The molecule has 5 nitrogen and oxygen atoms in total. The largest absolute Gasteiger partial charge is 0.416 e. The number of nitrogens with one attached hydrogen (secondary N) is 1. The maximum absolute atomic E-state index is 12.9. The first-order valence-electron chi connectivity index (χ1n) is 10.1. The van der Waals surface area contributed by atoms with Crippen molar-refractivity contribution in [2.24, 2.45) is 5.16 Å². The summed E-state index contributed by atoms with van der Waals surface area (Å²) in [6.45, 7) is 5.89. The van der Waals surface area contributed by atoms with Crippen LogP contribution in [-0.4, -0.2) is 34.8 Å². The molecule has 0 saturated heterocycles. The van der Waals surface area contributed by atoms with Gasteiger partial charge in [-0.1, -0.05) is 47.1 Å². The van der Waals surface area contributed by atoms with E-state index in [9.17, 15) is 18.0 Å². The van der Waals surface area contributed by atoms with Crippen LogP contribution in [0, 0.1) is 0 Å². The first-order valence-corrected chi connectivity index (χ1v) is 10.5. The number of amides is 2. The van der Waals surface area contributed by atoms with Gasteiger partial charge >= 0.3 is 12.2 Å². The van der Waals surface area contributed by atoms with Gasteiger partial charge in [0.15, 0.2) is 6.10 Å². The Morgan fingerprint density at radius 2 is 1.81 bits per heavy atom. The van der Waals surface area contributed by atoms with Gasteiger partial charge in [0, 0.05) is 29.1 Å². The first-order chi connectivity index (χ1) is 14.9. The molecule has 2 aromatic rings. The normalized spacial score (nSPS) is 16.3. The number of alkyl halides is 3. The molecule has 1 heterocycles. The molecule has 2 amide bonds. The minimum atomic E-state index is -4.41. The third kappa shape index (κ3) is 6.38. The number of carbonyl (C=O) groups excluding carboxylic acids is 1. The molecule has 0 saturated carbocycles. The van der Waals surface area contributed by atoms with E-state index in [0.717, 1.165) is 17.7 Å². The third-order valence-corrected chi connectivity index (χ3v) is 5.10. The number of hydrogen-bond acceptors (Lipinski definition) is 3. The number of oxime groups is 1. The number of hydrogen-bond donors (Lipinski definition) is 1. The van der Waals surface area contributed by atoms with E-state index in [-0.39, 0.29) is 19.1 Å². The van der Waals surface area contributed by atoms with Gasteiger partial charge in [0.2, 0.25) is 0 Å². The van der Waals surface area contributed by atoms with Gasteiger partial charge in [-0.2, -0.15) is 13.2 Å². The van der Waals surface area contributed by atoms with E-state index in [1.807, 2.05) is 39.0 Å². The summed E-state index contributed by atoms with van der Waals surface area (Å²) in [4.78, 5) is 20.0. The molecule has 0 fully saturated rings. The lowest BCUT2D eigenvalue weighted by atomic mass is 10.0. The van der Waals surface area contributed by atoms with Crippen molar-refractivity contribution in [3.8, 4) is 0 Å². The third-order valence-electron chi connectivity index (χ3n) is 4.77. The van der Waals surface area contributed by atoms with Crippen molar-refractivity contribution >= 4 is 23.3 Å². The molecule has 1 aliphatic rings. The van der Waals surface area contributed by atoms with Crippen molar-refractivity contribution in [1.82, 2.24) is 10.2 Å². The monoisotopic (exact) mass is 467 g/mol. The Hall–Kier alpha value is -2.74. The zero-order valence-electron chi connectivity index (χ0n) is 18.0. The molecule has 0 radical (unpaired) electrons. The molecule has 1 N–H and O–H groups in total. The van der Waals surface area contributed by atoms with Gasteiger partial charge in [-0.3, -0.25) is 0 Å². The van der Waals surface area contributed by atoms with Crippen molar-refractivity contribution in [2.75, 3.05) is 6.54 Å². The molecule has 3 rings (SSSR count). The first kappa shape index (κ1) is 23.9. The fourth-order valence-corrected chi connectivity index (χ4v) is 3.51. The summed E-state index contributed by atoms with van der Waals surface area (Å²) in [5.74, 6) is 0. The van der Waals surface area contributed by atoms with Gasteiger partial charge in [0.05, 0.1) is 17.8 Å². The van der Waals surface area contributed by atoms with Crippen LogP contribution < -0.4 is 5.32 Å². The van der Waals surface area contributed by atoms with E-state index in [0.29, 0.717) is 22.7 Å². The van der Waals surface area contributed by atoms with Crippen LogP contribution in [0.4, 0.5) is 18.0 Å². The van der Waals surface area contributed by atoms with Crippen LogP contribution in [0.1, 0.15) is 43.9 Å². The van der Waals surface area contributed by atoms with Gasteiger partial charge in [0.1, 0.15) is 0 Å². The lowest BCUT2D eigenvalue weighted by Crippen LogP contribution is -2.50. The van der Waals surface area contributed by atoms with E-state index >= 15 is 0 Å². The fourth-order valence-electron chi connectivity index (χ4n) is 3.27. The number of carbonyl (C=O) groups is 1. The highest BCUT2D eigenvalue weighted by atomic mass is 35.5. The van der Waals surface area contributed by atoms with Crippen molar-refractivity contribution in [2.45, 2.75) is 51.6 Å². The summed E-state index contributed by atoms with van der Waals surface area (Å²) < 4.78 is 38.6. The van der Waals surface area contributed by atoms with Crippen molar-refractivity contribution in [3.63, 3.8) is 0 Å². The molecule has 0 bridgehead atoms. The summed E-state index contributed by atoms with van der Waals surface area (Å²) in [6.07, 6.45) is -4.36. The van der Waals surface area contributed by atoms with Crippen LogP contribution in [-0.2, 0) is 17.6 Å². The molecule has 0 aromatic heterocycles. The number of benzene rings is 2. The molecule has 32 heavy (non-hydrogen) atoms. The van der Waals surface area contributed by atoms with Crippen LogP contribution in [0.3, 0.4) is 0 Å². The minimum Gasteiger partial charge on any atom is -0.390 e. The second kappa shape index (κ2) is 9.40. The molecule has 1 atom stereocenters. The van der Waals surface area contributed by atoms with Crippen LogP contribution in [0.2, 0.25) is 5.02 Å². The molecule has 2 aromatic carbocycles. The second-order valence-electron chi connectivity index (χ2n) is 8.70. The van der Waals surface area contributed by atoms with Crippen LogP contribution in [0.25, 0.3) is 0 Å². The Morgan fingerprint density at radius 3 is 2.41 bits per heavy atom. The molecular weight excluding hydrogens is 443 g/mol. The highest BCUT2D eigenvalue weighted by Crippen LogP contribution is 2.29. The molecule has 1 aliphatic heterocycles. The number of rotatable bonds is 5. The fraction of sp³-hybridized carbons (Fsp3) is 0.391. The highest BCUT2D eigenvalue weighted by Gasteiger charge is 2.31. The standard InChI is InChI=1S/C23H25ClF3N3O2/c1-22(2,3)28-21(31)30(13-15-8-10-16(11-9-15)23(25,26)27)14-17-12-20(29-32-17)18-6-4-5-7-19(18)24/h4-11,17H,12-14H2,1-3H3,(H,28,31)/t17-/m1/s1. The van der Waals surface area contributed by atoms with Gasteiger partial charge in [0.25, 0.3) is 0 Å². The zero-order chi connectivity index (χ0) is 23.5. The van der Waals surface area contributed by atoms with E-state index in [2.05, 4.69) is 10.5 Å². The van der Waals surface area contributed by atoms with E-state index in [1.54, 1.807) is 6.07 Å². The predicted octanol–water partition coefficient (Wildman–Crippen LogP) is 5.86. The smallest absolute Gasteiger partial charge is 0.390 e. The van der Waals surface area contributed by atoms with E-state index < -0.39 is 23.4 Å². The SMILES string of the molecule is CC(C)(C)NC(=O)N(Cc1ccc(C(F)(F)F)cc1)C[C@H]1CC(c2ccccc2Cl)=NO1. The highest BCUT2D eigenvalue weighted by molar-refractivity contribution is 6.34. The molecule has 0 unspecified atom stereocenters. The number of nitrogens with zero attached hydrogens (tertiary/aromatic N) is 2. The Balaban J connectivity index is 1.72. The van der Waals surface area contributed by atoms with E-state index in [1.165, 1.54) is 17.0 Å². The lowest BCUT2D eigenvalue weighted by molar-refractivity contribution is -0.137. The Labute approximate surface area is 190 Å². The lowest BCUT2D eigenvalue weighted by Gasteiger charge is -2.29. The minimum absolute atomic E-state index is 0.126. The second-order valence-corrected chi connectivity index (χ2v) is 9.11. The quantitative estimate of drug-likeness (QED) is 0.598. The zero-order valence-corrected chi connectivity index (χ0v) is 18.8. The van der Waals surface area contributed by atoms with Crippen molar-refractivity contribution in [3.05, 3.63) is 70.2 Å². The van der Waals surface area contributed by atoms with E-state index in [4.69, 9.17) is 16.4 Å². The van der Waals surface area contributed by atoms with Crippen molar-refractivity contribution in [1.29, 1.82) is 0 Å². The summed E-state index contributed by atoms with van der Waals surface area (Å²) in [5, 5.41) is 7.58. The molecule has 0 spiro atoms. The Bertz CT molecular complexity index is 985. The van der Waals surface area contributed by atoms with Crippen LogP contribution >= 0.6 is 11.6 Å². The van der Waals surface area contributed by atoms with Gasteiger partial charge in [-0.15, -0.1) is 0 Å². The predicted molar refractivity (Wildman–Crippen MR) is 118 cm³/mol. The average molecular weight is 468 g/mol. The summed E-state index contributed by atoms with van der Waals surface area (Å²) in [7, 11) is 0. The van der Waals surface area contributed by atoms with Crippen LogP contribution in [0.5, 0.6) is 0 Å². The maximum Gasteiger partial charge on any atom is 0.416 e. The molecule has 9 heteroatoms. The van der Waals surface area contributed by atoms with Gasteiger partial charge < -0.3 is 15.1 Å². The van der Waals surface area contributed by atoms with Crippen LogP contribution in [0.15, 0.2) is 53.7 Å². The average Bonchev–Trinajstić information content (AvgIpc) is 3.14. The molecule has 172 valence electrons. The van der Waals surface area contributed by atoms with Gasteiger partial charge in [-0.25, -0.2) is 4.79 Å². The maximum atomic E-state index is 12.9. The topological polar surface area (TPSA) is 53.9 Å². The van der Waals surface area contributed by atoms with Gasteiger partial charge in [-0.05, 0) is 44.5 Å². The van der Waals surface area contributed by atoms with Crippen molar-refractivity contribution < 1.29 is 22.8 Å². The summed E-state index contributed by atoms with van der Waals surface area (Å²) in [6, 6.07) is 11.7. The molecular formula is C23H25ClF3N3O2.